The lowest BCUT2D eigenvalue weighted by atomic mass is 10.1. The van der Waals surface area contributed by atoms with Gasteiger partial charge in [-0.2, -0.15) is 0 Å². The van der Waals surface area contributed by atoms with E-state index in [1.807, 2.05) is 6.07 Å². The van der Waals surface area contributed by atoms with E-state index in [1.54, 1.807) is 6.07 Å². The Hall–Kier alpha value is -1.13. The number of benzene rings is 1. The third-order valence-electron chi connectivity index (χ3n) is 4.97. The van der Waals surface area contributed by atoms with Gasteiger partial charge in [0.2, 0.25) is 0 Å². The molecule has 4 heteroatoms. The van der Waals surface area contributed by atoms with Crippen molar-refractivity contribution in [2.24, 2.45) is 5.92 Å². The molecule has 1 aromatic carbocycles. The molecule has 0 bridgehead atoms. The number of halogens is 1. The van der Waals surface area contributed by atoms with Crippen LogP contribution in [0.4, 0.5) is 4.39 Å². The van der Waals surface area contributed by atoms with Crippen LogP contribution in [0.25, 0.3) is 0 Å². The van der Waals surface area contributed by atoms with Crippen LogP contribution >= 0.6 is 0 Å². The number of hydrogen-bond acceptors (Lipinski definition) is 3. The molecule has 3 fully saturated rings. The highest BCUT2D eigenvalue weighted by atomic mass is 19.1. The Morgan fingerprint density at radius 1 is 1.19 bits per heavy atom. The molecule has 0 amide bonds. The monoisotopic (exact) mass is 290 g/mol. The quantitative estimate of drug-likeness (QED) is 0.847. The third kappa shape index (κ3) is 3.22. The zero-order valence-corrected chi connectivity index (χ0v) is 12.4. The summed E-state index contributed by atoms with van der Waals surface area (Å²) in [6.45, 7) is 5.80. The largest absolute Gasteiger partial charge is 0.489 e. The van der Waals surface area contributed by atoms with E-state index >= 15 is 0 Å². The zero-order chi connectivity index (χ0) is 14.2. The summed E-state index contributed by atoms with van der Waals surface area (Å²) in [6, 6.07) is 7.12. The van der Waals surface area contributed by atoms with Crippen LogP contribution in [0.3, 0.4) is 0 Å². The van der Waals surface area contributed by atoms with Crippen LogP contribution < -0.4 is 4.74 Å². The molecule has 4 rings (SSSR count). The first-order chi connectivity index (χ1) is 10.3. The summed E-state index contributed by atoms with van der Waals surface area (Å²) in [5.74, 6) is 1.41. The maximum atomic E-state index is 13.2. The molecule has 0 aromatic heterocycles. The molecule has 2 atom stereocenters. The number of hydrogen-bond donors (Lipinski definition) is 0. The molecule has 0 unspecified atom stereocenters. The van der Waals surface area contributed by atoms with Crippen molar-refractivity contribution in [1.82, 2.24) is 9.80 Å². The summed E-state index contributed by atoms with van der Waals surface area (Å²) in [7, 11) is 0. The van der Waals surface area contributed by atoms with Gasteiger partial charge in [0.15, 0.2) is 0 Å². The van der Waals surface area contributed by atoms with Gasteiger partial charge in [0, 0.05) is 51.3 Å². The molecule has 2 heterocycles. The molecule has 114 valence electrons. The normalized spacial score (nSPS) is 30.3. The summed E-state index contributed by atoms with van der Waals surface area (Å²) in [5, 5.41) is 0. The maximum Gasteiger partial charge on any atom is 0.126 e. The van der Waals surface area contributed by atoms with Crippen LogP contribution in [0, 0.1) is 11.7 Å². The van der Waals surface area contributed by atoms with Crippen LogP contribution in [0.1, 0.15) is 19.3 Å². The zero-order valence-electron chi connectivity index (χ0n) is 12.4. The minimum Gasteiger partial charge on any atom is -0.489 e. The van der Waals surface area contributed by atoms with Crippen molar-refractivity contribution in [3.8, 4) is 5.75 Å². The van der Waals surface area contributed by atoms with Crippen molar-refractivity contribution in [1.29, 1.82) is 0 Å². The molecule has 0 spiro atoms. The fourth-order valence-corrected chi connectivity index (χ4v) is 3.71. The number of nitrogens with zero attached hydrogens (tertiary/aromatic N) is 2. The molecule has 2 saturated heterocycles. The summed E-state index contributed by atoms with van der Waals surface area (Å²) in [6.07, 6.45) is 4.13. The Bertz CT molecular complexity index is 505. The van der Waals surface area contributed by atoms with Crippen molar-refractivity contribution in [3.63, 3.8) is 0 Å². The minimum absolute atomic E-state index is 0.206. The fourth-order valence-electron chi connectivity index (χ4n) is 3.71. The van der Waals surface area contributed by atoms with Crippen LogP contribution in [0.2, 0.25) is 0 Å². The second-order valence-corrected chi connectivity index (χ2v) is 6.78. The van der Waals surface area contributed by atoms with E-state index in [-0.39, 0.29) is 11.9 Å². The lowest BCUT2D eigenvalue weighted by Crippen LogP contribution is -2.50. The SMILES string of the molecule is Fc1cccc(O[C@H]2C[C@H]3CN(CC4CC4)CCN3C2)c1. The number of ether oxygens (including phenoxy) is 1. The highest BCUT2D eigenvalue weighted by molar-refractivity contribution is 5.23. The molecule has 2 aliphatic heterocycles. The van der Waals surface area contributed by atoms with E-state index in [1.165, 1.54) is 44.6 Å². The van der Waals surface area contributed by atoms with Gasteiger partial charge < -0.3 is 9.64 Å². The first-order valence-corrected chi connectivity index (χ1v) is 8.15. The van der Waals surface area contributed by atoms with Crippen molar-refractivity contribution in [3.05, 3.63) is 30.1 Å². The molecule has 21 heavy (non-hydrogen) atoms. The predicted octanol–water partition coefficient (Wildman–Crippen LogP) is 2.37. The molecule has 1 saturated carbocycles. The molecule has 0 radical (unpaired) electrons. The maximum absolute atomic E-state index is 13.2. The van der Waals surface area contributed by atoms with Crippen molar-refractivity contribution in [2.75, 3.05) is 32.7 Å². The van der Waals surface area contributed by atoms with Crippen molar-refractivity contribution >= 4 is 0 Å². The molecule has 1 aliphatic carbocycles. The van der Waals surface area contributed by atoms with E-state index in [0.29, 0.717) is 11.8 Å². The van der Waals surface area contributed by atoms with Crippen molar-refractivity contribution in [2.45, 2.75) is 31.4 Å². The van der Waals surface area contributed by atoms with Gasteiger partial charge in [-0.05, 0) is 30.9 Å². The Kier molecular flexibility index (Phi) is 3.59. The number of piperazine rings is 1. The van der Waals surface area contributed by atoms with Gasteiger partial charge in [0.1, 0.15) is 17.7 Å². The molecule has 3 nitrogen and oxygen atoms in total. The molecular formula is C17H23FN2O. The van der Waals surface area contributed by atoms with Crippen LogP contribution in [0.15, 0.2) is 24.3 Å². The van der Waals surface area contributed by atoms with Gasteiger partial charge in [-0.25, -0.2) is 4.39 Å². The molecule has 0 N–H and O–H groups in total. The van der Waals surface area contributed by atoms with Crippen molar-refractivity contribution < 1.29 is 9.13 Å². The molecule has 3 aliphatic rings. The Labute approximate surface area is 125 Å². The number of rotatable bonds is 4. The standard InChI is InChI=1S/C17H23FN2O/c18-14-2-1-3-16(8-14)21-17-9-15-11-19(10-13-4-5-13)6-7-20(15)12-17/h1-3,8,13,15,17H,4-7,9-12H2/t15-,17-/m0/s1. The average molecular weight is 290 g/mol. The van der Waals surface area contributed by atoms with Gasteiger partial charge >= 0.3 is 0 Å². The van der Waals surface area contributed by atoms with E-state index in [0.717, 1.165) is 25.4 Å². The van der Waals surface area contributed by atoms with E-state index in [2.05, 4.69) is 9.80 Å². The predicted molar refractivity (Wildman–Crippen MR) is 80.0 cm³/mol. The smallest absolute Gasteiger partial charge is 0.126 e. The average Bonchev–Trinajstić information content (AvgIpc) is 3.17. The van der Waals surface area contributed by atoms with E-state index < -0.39 is 0 Å². The summed E-state index contributed by atoms with van der Waals surface area (Å²) in [4.78, 5) is 5.18. The van der Waals surface area contributed by atoms with Gasteiger partial charge in [-0.3, -0.25) is 4.90 Å². The van der Waals surface area contributed by atoms with Crippen LogP contribution in [-0.4, -0.2) is 54.7 Å². The van der Waals surface area contributed by atoms with Gasteiger partial charge in [0.25, 0.3) is 0 Å². The summed E-state index contributed by atoms with van der Waals surface area (Å²) >= 11 is 0. The highest BCUT2D eigenvalue weighted by Crippen LogP contribution is 2.32. The topological polar surface area (TPSA) is 15.7 Å². The first-order valence-electron chi connectivity index (χ1n) is 8.15. The Balaban J connectivity index is 1.33. The Morgan fingerprint density at radius 2 is 2.10 bits per heavy atom. The minimum atomic E-state index is -0.223. The second-order valence-electron chi connectivity index (χ2n) is 6.78. The second kappa shape index (κ2) is 5.58. The van der Waals surface area contributed by atoms with Gasteiger partial charge in [-0.1, -0.05) is 6.07 Å². The van der Waals surface area contributed by atoms with E-state index in [4.69, 9.17) is 4.74 Å². The molecule has 1 aromatic rings. The van der Waals surface area contributed by atoms with Gasteiger partial charge in [0.05, 0.1) is 0 Å². The lowest BCUT2D eigenvalue weighted by molar-refractivity contribution is 0.0994. The molecular weight excluding hydrogens is 267 g/mol. The van der Waals surface area contributed by atoms with Gasteiger partial charge in [-0.15, -0.1) is 0 Å². The summed E-state index contributed by atoms with van der Waals surface area (Å²) in [5.41, 5.74) is 0. The number of fused-ring (bicyclic) bond motifs is 1. The van der Waals surface area contributed by atoms with Crippen LogP contribution in [-0.2, 0) is 0 Å². The third-order valence-corrected chi connectivity index (χ3v) is 4.97. The highest BCUT2D eigenvalue weighted by Gasteiger charge is 2.38. The van der Waals surface area contributed by atoms with E-state index in [9.17, 15) is 4.39 Å². The lowest BCUT2D eigenvalue weighted by Gasteiger charge is -2.37. The fraction of sp³-hybridized carbons (Fsp3) is 0.647. The first kappa shape index (κ1) is 13.5. The summed E-state index contributed by atoms with van der Waals surface area (Å²) < 4.78 is 19.2. The Morgan fingerprint density at radius 3 is 2.90 bits per heavy atom. The van der Waals surface area contributed by atoms with Crippen LogP contribution in [0.5, 0.6) is 5.75 Å².